The van der Waals surface area contributed by atoms with Crippen LogP contribution >= 0.6 is 23.2 Å². The van der Waals surface area contributed by atoms with Crippen molar-refractivity contribution in [2.24, 2.45) is 7.05 Å². The molecule has 144 valence electrons. The number of aryl methyl sites for hydroxylation is 1. The zero-order valence-corrected chi connectivity index (χ0v) is 16.1. The second-order valence-corrected chi connectivity index (χ2v) is 6.70. The molecule has 0 saturated carbocycles. The number of rotatable bonds is 4. The molecular weight excluding hydrogens is 406 g/mol. The first-order chi connectivity index (χ1) is 13.4. The van der Waals surface area contributed by atoms with Gasteiger partial charge in [0, 0.05) is 19.4 Å². The summed E-state index contributed by atoms with van der Waals surface area (Å²) in [5, 5.41) is 5.35. The van der Waals surface area contributed by atoms with Gasteiger partial charge in [-0.05, 0) is 29.8 Å². The Morgan fingerprint density at radius 1 is 1.14 bits per heavy atom. The monoisotopic (exact) mass is 420 g/mol. The number of nitrogens with zero attached hydrogens (tertiary/aromatic N) is 2. The first-order valence-corrected chi connectivity index (χ1v) is 8.91. The molecule has 0 fully saturated rings. The van der Waals surface area contributed by atoms with Crippen LogP contribution in [-0.2, 0) is 16.6 Å². The molecule has 2 amide bonds. The number of amides is 2. The molecular formula is C19H15Cl2FN4O2. The van der Waals surface area contributed by atoms with E-state index in [1.165, 1.54) is 24.3 Å². The molecule has 2 N–H and O–H groups in total. The highest BCUT2D eigenvalue weighted by molar-refractivity contribution is 6.45. The maximum absolute atomic E-state index is 13.7. The van der Waals surface area contributed by atoms with Gasteiger partial charge in [0.05, 0.1) is 15.7 Å². The summed E-state index contributed by atoms with van der Waals surface area (Å²) in [5.41, 5.74) is 0.643. The third-order valence-corrected chi connectivity index (χ3v) is 4.80. The third-order valence-electron chi connectivity index (χ3n) is 3.98. The van der Waals surface area contributed by atoms with Gasteiger partial charge >= 0.3 is 11.8 Å². The van der Waals surface area contributed by atoms with Crippen molar-refractivity contribution >= 4 is 40.7 Å². The Morgan fingerprint density at radius 3 is 2.57 bits per heavy atom. The summed E-state index contributed by atoms with van der Waals surface area (Å²) in [4.78, 5) is 29.0. The fraction of sp³-hybridized carbons (Fsp3) is 0.105. The topological polar surface area (TPSA) is 76.0 Å². The minimum atomic E-state index is -0.945. The minimum absolute atomic E-state index is 0.121. The second-order valence-electron chi connectivity index (χ2n) is 5.91. The molecule has 1 heterocycles. The van der Waals surface area contributed by atoms with Crippen LogP contribution in [0.1, 0.15) is 17.4 Å². The molecule has 3 aromatic rings. The molecule has 28 heavy (non-hydrogen) atoms. The van der Waals surface area contributed by atoms with E-state index in [2.05, 4.69) is 15.6 Å². The van der Waals surface area contributed by atoms with E-state index < -0.39 is 23.7 Å². The van der Waals surface area contributed by atoms with E-state index in [0.717, 1.165) is 0 Å². The van der Waals surface area contributed by atoms with Crippen molar-refractivity contribution in [2.45, 2.75) is 6.04 Å². The van der Waals surface area contributed by atoms with Gasteiger partial charge in [0.1, 0.15) is 17.7 Å². The third kappa shape index (κ3) is 4.32. The lowest BCUT2D eigenvalue weighted by Gasteiger charge is -2.19. The number of anilines is 1. The van der Waals surface area contributed by atoms with E-state index >= 15 is 0 Å². The van der Waals surface area contributed by atoms with Crippen molar-refractivity contribution in [3.63, 3.8) is 0 Å². The van der Waals surface area contributed by atoms with Gasteiger partial charge in [-0.25, -0.2) is 9.37 Å². The van der Waals surface area contributed by atoms with Crippen molar-refractivity contribution in [1.29, 1.82) is 0 Å². The summed E-state index contributed by atoms with van der Waals surface area (Å²) in [6.45, 7) is 0. The lowest BCUT2D eigenvalue weighted by Crippen LogP contribution is -2.39. The Labute approximate surface area is 170 Å². The zero-order chi connectivity index (χ0) is 20.3. The molecule has 2 aromatic carbocycles. The molecule has 1 aromatic heterocycles. The maximum atomic E-state index is 13.7. The molecule has 9 heteroatoms. The SMILES string of the molecule is Cn1ccnc1C(NC(=O)C(=O)Nc1cccc(Cl)c1Cl)c1cccc(F)c1. The van der Waals surface area contributed by atoms with E-state index in [-0.39, 0.29) is 15.7 Å². The lowest BCUT2D eigenvalue weighted by molar-refractivity contribution is -0.136. The van der Waals surface area contributed by atoms with Gasteiger partial charge in [0.15, 0.2) is 0 Å². The summed E-state index contributed by atoms with van der Waals surface area (Å²) in [5.74, 6) is -1.92. The minimum Gasteiger partial charge on any atom is -0.336 e. The zero-order valence-electron chi connectivity index (χ0n) is 14.6. The molecule has 3 rings (SSSR count). The van der Waals surface area contributed by atoms with E-state index in [0.29, 0.717) is 11.4 Å². The number of imidazole rings is 1. The quantitative estimate of drug-likeness (QED) is 0.631. The second kappa shape index (κ2) is 8.41. The number of benzene rings is 2. The number of hydrogen-bond acceptors (Lipinski definition) is 3. The van der Waals surface area contributed by atoms with E-state index in [9.17, 15) is 14.0 Å². The standard InChI is InChI=1S/C19H15Cl2FN4O2/c1-26-9-8-23-17(26)16(11-4-2-5-12(22)10-11)25-19(28)18(27)24-14-7-3-6-13(20)15(14)21/h2-10,16H,1H3,(H,24,27)(H,25,28). The normalized spacial score (nSPS) is 11.7. The summed E-state index contributed by atoms with van der Waals surface area (Å²) in [6, 6.07) is 9.53. The van der Waals surface area contributed by atoms with Crippen LogP contribution in [0.3, 0.4) is 0 Å². The van der Waals surface area contributed by atoms with Crippen molar-refractivity contribution < 1.29 is 14.0 Å². The Balaban J connectivity index is 1.84. The summed E-state index contributed by atoms with van der Waals surface area (Å²) in [7, 11) is 1.73. The van der Waals surface area contributed by atoms with Crippen LogP contribution in [0.4, 0.5) is 10.1 Å². The Hall–Kier alpha value is -2.90. The van der Waals surface area contributed by atoms with E-state index in [1.54, 1.807) is 42.2 Å². The highest BCUT2D eigenvalue weighted by Gasteiger charge is 2.25. The van der Waals surface area contributed by atoms with Crippen molar-refractivity contribution in [2.75, 3.05) is 5.32 Å². The highest BCUT2D eigenvalue weighted by atomic mass is 35.5. The molecule has 0 bridgehead atoms. The van der Waals surface area contributed by atoms with Crippen molar-refractivity contribution in [1.82, 2.24) is 14.9 Å². The predicted molar refractivity (Wildman–Crippen MR) is 105 cm³/mol. The van der Waals surface area contributed by atoms with Gasteiger partial charge in [0.25, 0.3) is 0 Å². The van der Waals surface area contributed by atoms with Gasteiger partial charge in [-0.15, -0.1) is 0 Å². The first kappa shape index (κ1) is 19.9. The van der Waals surface area contributed by atoms with Gasteiger partial charge in [-0.3, -0.25) is 9.59 Å². The van der Waals surface area contributed by atoms with Crippen molar-refractivity contribution in [3.8, 4) is 0 Å². The van der Waals surface area contributed by atoms with Gasteiger partial charge in [-0.2, -0.15) is 0 Å². The molecule has 0 aliphatic heterocycles. The number of nitrogens with one attached hydrogen (secondary N) is 2. The van der Waals surface area contributed by atoms with Crippen LogP contribution < -0.4 is 10.6 Å². The fourth-order valence-electron chi connectivity index (χ4n) is 2.61. The molecule has 0 aliphatic carbocycles. The Bertz CT molecular complexity index is 1040. The number of aromatic nitrogens is 2. The number of halogens is 3. The smallest absolute Gasteiger partial charge is 0.313 e. The Kier molecular flexibility index (Phi) is 5.96. The van der Waals surface area contributed by atoms with Crippen LogP contribution in [0.5, 0.6) is 0 Å². The van der Waals surface area contributed by atoms with Gasteiger partial charge in [-0.1, -0.05) is 41.4 Å². The molecule has 0 aliphatic rings. The lowest BCUT2D eigenvalue weighted by atomic mass is 10.1. The van der Waals surface area contributed by atoms with Crippen LogP contribution in [0.25, 0.3) is 0 Å². The summed E-state index contributed by atoms with van der Waals surface area (Å²) >= 11 is 11.9. The average Bonchev–Trinajstić information content (AvgIpc) is 3.09. The maximum Gasteiger partial charge on any atom is 0.313 e. The molecule has 0 saturated heterocycles. The van der Waals surface area contributed by atoms with Gasteiger partial charge in [0.2, 0.25) is 0 Å². The summed E-state index contributed by atoms with van der Waals surface area (Å²) < 4.78 is 15.4. The fourth-order valence-corrected chi connectivity index (χ4v) is 2.96. The van der Waals surface area contributed by atoms with Crippen LogP contribution in [0.15, 0.2) is 54.9 Å². The highest BCUT2D eigenvalue weighted by Crippen LogP contribution is 2.29. The molecule has 6 nitrogen and oxygen atoms in total. The number of carbonyl (C=O) groups excluding carboxylic acids is 2. The van der Waals surface area contributed by atoms with E-state index in [1.807, 2.05) is 0 Å². The van der Waals surface area contributed by atoms with Crippen molar-refractivity contribution in [3.05, 3.63) is 82.1 Å². The average molecular weight is 421 g/mol. The van der Waals surface area contributed by atoms with E-state index in [4.69, 9.17) is 23.2 Å². The summed E-state index contributed by atoms with van der Waals surface area (Å²) in [6.07, 6.45) is 3.22. The Morgan fingerprint density at radius 2 is 1.89 bits per heavy atom. The molecule has 0 spiro atoms. The molecule has 1 atom stereocenters. The molecule has 1 unspecified atom stereocenters. The number of hydrogen-bond donors (Lipinski definition) is 2. The first-order valence-electron chi connectivity index (χ1n) is 8.15. The van der Waals surface area contributed by atoms with Gasteiger partial charge < -0.3 is 15.2 Å². The van der Waals surface area contributed by atoms with Crippen LogP contribution in [0, 0.1) is 5.82 Å². The number of carbonyl (C=O) groups is 2. The largest absolute Gasteiger partial charge is 0.336 e. The molecule has 0 radical (unpaired) electrons. The van der Waals surface area contributed by atoms with Crippen LogP contribution in [-0.4, -0.2) is 21.4 Å². The van der Waals surface area contributed by atoms with Crippen LogP contribution in [0.2, 0.25) is 10.0 Å². The predicted octanol–water partition coefficient (Wildman–Crippen LogP) is 3.71.